The number of hydrogen-bond donors (Lipinski definition) is 0. The molecule has 0 aliphatic carbocycles. The molecule has 0 aromatic rings. The van der Waals surface area contributed by atoms with Gasteiger partial charge < -0.3 is 28.4 Å². The number of unbranched alkanes of at least 4 members (excludes halogenated alkanes) is 1. The van der Waals surface area contributed by atoms with Gasteiger partial charge in [0.25, 0.3) is 0 Å². The van der Waals surface area contributed by atoms with Gasteiger partial charge >= 0.3 is 0 Å². The van der Waals surface area contributed by atoms with E-state index in [-0.39, 0.29) is 24.4 Å². The topological polar surface area (TPSA) is 55.4 Å². The van der Waals surface area contributed by atoms with Crippen molar-refractivity contribution in [2.45, 2.75) is 43.5 Å². The first-order valence-corrected chi connectivity index (χ1v) is 7.18. The third-order valence-corrected chi connectivity index (χ3v) is 3.57. The average molecular weight is 304 g/mol. The monoisotopic (exact) mass is 304 g/mol. The molecule has 0 aromatic carbocycles. The molecule has 0 aromatic heterocycles. The van der Waals surface area contributed by atoms with Crippen molar-refractivity contribution >= 4 is 0 Å². The molecule has 1 rings (SSSR count). The van der Waals surface area contributed by atoms with Gasteiger partial charge in [0.2, 0.25) is 0 Å². The van der Waals surface area contributed by atoms with Gasteiger partial charge in [-0.15, -0.1) is 6.58 Å². The van der Waals surface area contributed by atoms with Crippen LogP contribution in [0, 0.1) is 0 Å². The van der Waals surface area contributed by atoms with Gasteiger partial charge in [0, 0.05) is 28.4 Å². The van der Waals surface area contributed by atoms with E-state index in [4.69, 9.17) is 28.4 Å². The molecule has 1 aliphatic heterocycles. The summed E-state index contributed by atoms with van der Waals surface area (Å²) in [7, 11) is 6.50. The van der Waals surface area contributed by atoms with Gasteiger partial charge in [0.15, 0.2) is 6.29 Å². The molecule has 0 radical (unpaired) electrons. The second-order valence-electron chi connectivity index (χ2n) is 4.90. The molecule has 6 nitrogen and oxygen atoms in total. The zero-order valence-electron chi connectivity index (χ0n) is 13.4. The quantitative estimate of drug-likeness (QED) is 0.449. The van der Waals surface area contributed by atoms with Gasteiger partial charge in [-0.2, -0.15) is 0 Å². The Kier molecular flexibility index (Phi) is 9.07. The van der Waals surface area contributed by atoms with Crippen LogP contribution in [0.4, 0.5) is 0 Å². The van der Waals surface area contributed by atoms with E-state index in [0.29, 0.717) is 13.2 Å². The van der Waals surface area contributed by atoms with Crippen molar-refractivity contribution in [3.63, 3.8) is 0 Å². The second kappa shape index (κ2) is 10.3. The van der Waals surface area contributed by atoms with Crippen LogP contribution in [0.1, 0.15) is 12.8 Å². The molecular weight excluding hydrogens is 276 g/mol. The first kappa shape index (κ1) is 18.5. The van der Waals surface area contributed by atoms with Crippen molar-refractivity contribution in [1.82, 2.24) is 0 Å². The van der Waals surface area contributed by atoms with E-state index in [9.17, 15) is 0 Å². The maximum absolute atomic E-state index is 5.94. The fourth-order valence-corrected chi connectivity index (χ4v) is 2.54. The van der Waals surface area contributed by atoms with Crippen LogP contribution in [-0.2, 0) is 28.4 Å². The average Bonchev–Trinajstić information content (AvgIpc) is 2.51. The Morgan fingerprint density at radius 1 is 1.00 bits per heavy atom. The summed E-state index contributed by atoms with van der Waals surface area (Å²) in [6.07, 6.45) is 1.99. The first-order chi connectivity index (χ1) is 10.2. The zero-order chi connectivity index (χ0) is 15.7. The molecule has 0 spiro atoms. The standard InChI is InChI=1S/C15H28O6/c1-6-7-8-9-20-15-14(19-5)13(18-4)12(17-3)11(21-15)10-16-2/h6,11-15H,1,7-10H2,2-5H3/t11-,12-,13+,14-,15+/m1/s1. The lowest BCUT2D eigenvalue weighted by Gasteiger charge is -2.44. The normalized spacial score (nSPS) is 33.0. The largest absolute Gasteiger partial charge is 0.382 e. The predicted octanol–water partition coefficient (Wildman–Crippen LogP) is 1.39. The fraction of sp³-hybridized carbons (Fsp3) is 0.867. The van der Waals surface area contributed by atoms with Crippen LogP contribution in [0.5, 0.6) is 0 Å². The van der Waals surface area contributed by atoms with Crippen LogP contribution in [-0.4, -0.2) is 72.4 Å². The summed E-state index contributed by atoms with van der Waals surface area (Å²) >= 11 is 0. The Bertz CT molecular complexity index is 285. The van der Waals surface area contributed by atoms with Crippen LogP contribution in [0.25, 0.3) is 0 Å². The van der Waals surface area contributed by atoms with Crippen molar-refractivity contribution < 1.29 is 28.4 Å². The predicted molar refractivity (Wildman–Crippen MR) is 78.3 cm³/mol. The smallest absolute Gasteiger partial charge is 0.186 e. The molecule has 0 unspecified atom stereocenters. The highest BCUT2D eigenvalue weighted by Gasteiger charge is 2.47. The molecule has 0 amide bonds. The maximum atomic E-state index is 5.94. The second-order valence-corrected chi connectivity index (χ2v) is 4.90. The molecule has 0 bridgehead atoms. The van der Waals surface area contributed by atoms with Crippen molar-refractivity contribution in [1.29, 1.82) is 0 Å². The minimum Gasteiger partial charge on any atom is -0.382 e. The van der Waals surface area contributed by atoms with Gasteiger partial charge in [-0.25, -0.2) is 0 Å². The number of rotatable bonds is 10. The number of allylic oxidation sites excluding steroid dienone is 1. The lowest BCUT2D eigenvalue weighted by atomic mass is 9.98. The molecule has 1 aliphatic rings. The molecule has 5 atom stereocenters. The molecule has 21 heavy (non-hydrogen) atoms. The van der Waals surface area contributed by atoms with E-state index < -0.39 is 6.29 Å². The lowest BCUT2D eigenvalue weighted by Crippen LogP contribution is -2.61. The summed E-state index contributed by atoms with van der Waals surface area (Å²) in [6, 6.07) is 0. The third-order valence-electron chi connectivity index (χ3n) is 3.57. The molecule has 1 saturated heterocycles. The van der Waals surface area contributed by atoms with Crippen LogP contribution in [0.15, 0.2) is 12.7 Å². The molecule has 0 N–H and O–H groups in total. The van der Waals surface area contributed by atoms with Crippen LogP contribution in [0.3, 0.4) is 0 Å². The fourth-order valence-electron chi connectivity index (χ4n) is 2.54. The molecule has 1 heterocycles. The highest BCUT2D eigenvalue weighted by molar-refractivity contribution is 4.92. The van der Waals surface area contributed by atoms with Crippen LogP contribution < -0.4 is 0 Å². The van der Waals surface area contributed by atoms with Crippen molar-refractivity contribution in [2.75, 3.05) is 41.7 Å². The van der Waals surface area contributed by atoms with E-state index in [1.54, 1.807) is 28.4 Å². The summed E-state index contributed by atoms with van der Waals surface area (Å²) in [5, 5.41) is 0. The van der Waals surface area contributed by atoms with Crippen molar-refractivity contribution in [3.8, 4) is 0 Å². The summed E-state index contributed by atoms with van der Waals surface area (Å²) in [4.78, 5) is 0. The molecule has 6 heteroatoms. The summed E-state index contributed by atoms with van der Waals surface area (Å²) in [5.74, 6) is 0. The summed E-state index contributed by atoms with van der Waals surface area (Å²) in [5.41, 5.74) is 0. The van der Waals surface area contributed by atoms with Gasteiger partial charge in [0.05, 0.1) is 13.2 Å². The van der Waals surface area contributed by atoms with Gasteiger partial charge in [0.1, 0.15) is 24.4 Å². The Morgan fingerprint density at radius 3 is 2.19 bits per heavy atom. The minimum atomic E-state index is -0.503. The Hall–Kier alpha value is -0.500. The Morgan fingerprint density at radius 2 is 1.67 bits per heavy atom. The highest BCUT2D eigenvalue weighted by atomic mass is 16.7. The first-order valence-electron chi connectivity index (χ1n) is 7.18. The number of ether oxygens (including phenoxy) is 6. The van der Waals surface area contributed by atoms with E-state index in [1.807, 2.05) is 6.08 Å². The van der Waals surface area contributed by atoms with E-state index in [2.05, 4.69) is 6.58 Å². The van der Waals surface area contributed by atoms with E-state index in [0.717, 1.165) is 12.8 Å². The van der Waals surface area contributed by atoms with E-state index in [1.165, 1.54) is 0 Å². The van der Waals surface area contributed by atoms with Crippen molar-refractivity contribution in [2.24, 2.45) is 0 Å². The Labute approximate surface area is 127 Å². The minimum absolute atomic E-state index is 0.263. The lowest BCUT2D eigenvalue weighted by molar-refractivity contribution is -0.313. The molecule has 124 valence electrons. The van der Waals surface area contributed by atoms with Gasteiger partial charge in [-0.1, -0.05) is 6.08 Å². The van der Waals surface area contributed by atoms with Gasteiger partial charge in [-0.3, -0.25) is 0 Å². The number of hydrogen-bond acceptors (Lipinski definition) is 6. The molecule has 1 fully saturated rings. The highest BCUT2D eigenvalue weighted by Crippen LogP contribution is 2.28. The van der Waals surface area contributed by atoms with Crippen LogP contribution in [0.2, 0.25) is 0 Å². The summed E-state index contributed by atoms with van der Waals surface area (Å²) < 4.78 is 33.5. The molecular formula is C15H28O6. The van der Waals surface area contributed by atoms with Crippen molar-refractivity contribution in [3.05, 3.63) is 12.7 Å². The third kappa shape index (κ3) is 5.02. The van der Waals surface area contributed by atoms with Crippen LogP contribution >= 0.6 is 0 Å². The van der Waals surface area contributed by atoms with E-state index >= 15 is 0 Å². The number of methoxy groups -OCH3 is 4. The zero-order valence-corrected chi connectivity index (χ0v) is 13.4. The Balaban J connectivity index is 2.72. The van der Waals surface area contributed by atoms with Gasteiger partial charge in [-0.05, 0) is 12.8 Å². The maximum Gasteiger partial charge on any atom is 0.186 e. The SMILES string of the molecule is C=CCCCO[C@H]1O[C@H](COC)[C@@H](OC)[C@H](OC)[C@H]1OC. The molecule has 0 saturated carbocycles. The summed E-state index contributed by atoms with van der Waals surface area (Å²) in [6.45, 7) is 4.67.